The summed E-state index contributed by atoms with van der Waals surface area (Å²) in [6, 6.07) is 5.80. The molecule has 1 aromatic rings. The van der Waals surface area contributed by atoms with Gasteiger partial charge in [-0.1, -0.05) is 12.1 Å². The van der Waals surface area contributed by atoms with Crippen molar-refractivity contribution in [3.8, 4) is 0 Å². The van der Waals surface area contributed by atoms with Crippen molar-refractivity contribution in [2.75, 3.05) is 11.4 Å². The van der Waals surface area contributed by atoms with Gasteiger partial charge in [0.05, 0.1) is 11.8 Å². The van der Waals surface area contributed by atoms with Gasteiger partial charge in [0.15, 0.2) is 0 Å². The highest BCUT2D eigenvalue weighted by atomic mass is 16.6. The van der Waals surface area contributed by atoms with Crippen LogP contribution in [0.5, 0.6) is 0 Å². The summed E-state index contributed by atoms with van der Waals surface area (Å²) in [5.41, 5.74) is 2.31. The number of aliphatic hydroxyl groups excluding tert-OH is 1. The van der Waals surface area contributed by atoms with Crippen LogP contribution in [0.2, 0.25) is 0 Å². The lowest BCUT2D eigenvalue weighted by molar-refractivity contribution is 0.0577. The number of anilines is 1. The normalized spacial score (nSPS) is 16.6. The van der Waals surface area contributed by atoms with Gasteiger partial charge in [0.1, 0.15) is 5.60 Å². The van der Waals surface area contributed by atoms with Crippen molar-refractivity contribution < 1.29 is 14.6 Å². The van der Waals surface area contributed by atoms with Gasteiger partial charge in [0.25, 0.3) is 0 Å². The molecule has 1 aliphatic heterocycles. The number of fused-ring (bicyclic) bond motifs is 1. The molecule has 0 saturated carbocycles. The van der Waals surface area contributed by atoms with Crippen molar-refractivity contribution in [2.45, 2.75) is 52.2 Å². The average molecular weight is 277 g/mol. The van der Waals surface area contributed by atoms with Gasteiger partial charge >= 0.3 is 6.09 Å². The van der Waals surface area contributed by atoms with Crippen molar-refractivity contribution >= 4 is 11.8 Å². The number of amides is 1. The third-order valence-corrected chi connectivity index (χ3v) is 3.32. The number of rotatable bonds is 1. The summed E-state index contributed by atoms with van der Waals surface area (Å²) in [4.78, 5) is 14.0. The lowest BCUT2D eigenvalue weighted by Crippen LogP contribution is -2.39. The van der Waals surface area contributed by atoms with Crippen molar-refractivity contribution in [1.82, 2.24) is 0 Å². The fraction of sp³-hybridized carbons (Fsp3) is 0.562. The number of carbonyl (C=O) groups is 1. The van der Waals surface area contributed by atoms with E-state index in [0.717, 1.165) is 29.7 Å². The van der Waals surface area contributed by atoms with Gasteiger partial charge in [-0.25, -0.2) is 4.79 Å². The Morgan fingerprint density at radius 2 is 2.10 bits per heavy atom. The predicted molar refractivity (Wildman–Crippen MR) is 79.0 cm³/mol. The van der Waals surface area contributed by atoms with Crippen LogP contribution in [-0.4, -0.2) is 23.3 Å². The van der Waals surface area contributed by atoms with Crippen LogP contribution in [0.4, 0.5) is 10.5 Å². The third-order valence-electron chi connectivity index (χ3n) is 3.32. The molecule has 20 heavy (non-hydrogen) atoms. The van der Waals surface area contributed by atoms with Crippen LogP contribution in [0.3, 0.4) is 0 Å². The summed E-state index contributed by atoms with van der Waals surface area (Å²) in [5, 5.41) is 9.70. The second-order valence-corrected chi connectivity index (χ2v) is 6.30. The molecule has 0 radical (unpaired) electrons. The average Bonchev–Trinajstić information content (AvgIpc) is 2.35. The van der Waals surface area contributed by atoms with Crippen molar-refractivity contribution in [3.63, 3.8) is 0 Å². The molecule has 0 bridgehead atoms. The van der Waals surface area contributed by atoms with Crippen LogP contribution in [0.25, 0.3) is 0 Å². The third kappa shape index (κ3) is 3.31. The Kier molecular flexibility index (Phi) is 4.04. The maximum Gasteiger partial charge on any atom is 0.414 e. The van der Waals surface area contributed by atoms with Gasteiger partial charge in [0, 0.05) is 6.54 Å². The molecule has 0 spiro atoms. The molecule has 1 amide bonds. The summed E-state index contributed by atoms with van der Waals surface area (Å²) in [6.07, 6.45) is 1.03. The Hall–Kier alpha value is -1.55. The van der Waals surface area contributed by atoms with Gasteiger partial charge in [-0.15, -0.1) is 0 Å². The van der Waals surface area contributed by atoms with Crippen LogP contribution in [0.15, 0.2) is 18.2 Å². The smallest absolute Gasteiger partial charge is 0.414 e. The first-order valence-electron chi connectivity index (χ1n) is 7.09. The first-order valence-corrected chi connectivity index (χ1v) is 7.09. The van der Waals surface area contributed by atoms with Crippen molar-refractivity contribution in [3.05, 3.63) is 29.3 Å². The summed E-state index contributed by atoms with van der Waals surface area (Å²) in [6.45, 7) is 7.97. The standard InChI is InChI=1S/C16H23NO3/c1-11(18)13-8-7-12-6-5-9-17(14(12)10-13)15(19)20-16(2,3)4/h7-8,10-11,18H,5-6,9H2,1-4H3/t11-/m1/s1. The molecular formula is C16H23NO3. The van der Waals surface area contributed by atoms with Crippen molar-refractivity contribution in [2.24, 2.45) is 0 Å². The Bertz CT molecular complexity index is 503. The number of aliphatic hydroxyl groups is 1. The molecule has 0 aliphatic carbocycles. The number of benzene rings is 1. The van der Waals surface area contributed by atoms with Gasteiger partial charge in [-0.3, -0.25) is 4.90 Å². The first kappa shape index (κ1) is 14.9. The Balaban J connectivity index is 2.31. The van der Waals surface area contributed by atoms with E-state index in [1.165, 1.54) is 0 Å². The minimum absolute atomic E-state index is 0.318. The zero-order valence-electron chi connectivity index (χ0n) is 12.6. The molecule has 4 heteroatoms. The summed E-state index contributed by atoms with van der Waals surface area (Å²) in [5.74, 6) is 0. The number of hydrogen-bond donors (Lipinski definition) is 1. The van der Waals surface area contributed by atoms with Crippen LogP contribution >= 0.6 is 0 Å². The van der Waals surface area contributed by atoms with E-state index in [0.29, 0.717) is 6.54 Å². The first-order chi connectivity index (χ1) is 9.28. The van der Waals surface area contributed by atoms with Crippen molar-refractivity contribution in [1.29, 1.82) is 0 Å². The Morgan fingerprint density at radius 1 is 1.40 bits per heavy atom. The predicted octanol–water partition coefficient (Wildman–Crippen LogP) is 3.43. The van der Waals surface area contributed by atoms with E-state index in [1.54, 1.807) is 11.8 Å². The molecule has 1 aromatic carbocycles. The van der Waals surface area contributed by atoms with Gasteiger partial charge in [-0.2, -0.15) is 0 Å². The number of aryl methyl sites for hydroxylation is 1. The number of carbonyl (C=O) groups excluding carboxylic acids is 1. The SMILES string of the molecule is C[C@@H](O)c1ccc2c(c1)N(C(=O)OC(C)(C)C)CCC2. The monoisotopic (exact) mass is 277 g/mol. The minimum Gasteiger partial charge on any atom is -0.443 e. The molecule has 1 atom stereocenters. The maximum atomic E-state index is 12.3. The number of hydrogen-bond acceptors (Lipinski definition) is 3. The van der Waals surface area contributed by atoms with E-state index >= 15 is 0 Å². The highest BCUT2D eigenvalue weighted by molar-refractivity contribution is 5.89. The molecule has 0 saturated heterocycles. The summed E-state index contributed by atoms with van der Waals surface area (Å²) < 4.78 is 5.46. The zero-order chi connectivity index (χ0) is 14.9. The second kappa shape index (κ2) is 5.44. The van der Waals surface area contributed by atoms with Crippen LogP contribution < -0.4 is 4.90 Å². The summed E-state index contributed by atoms with van der Waals surface area (Å²) >= 11 is 0. The van der Waals surface area contributed by atoms with E-state index in [1.807, 2.05) is 39.0 Å². The lowest BCUT2D eigenvalue weighted by atomic mass is 9.98. The highest BCUT2D eigenvalue weighted by Crippen LogP contribution is 2.31. The Labute approximate surface area is 120 Å². The fourth-order valence-corrected chi connectivity index (χ4v) is 2.36. The molecule has 110 valence electrons. The van der Waals surface area contributed by atoms with Crippen LogP contribution in [-0.2, 0) is 11.2 Å². The molecule has 0 aromatic heterocycles. The molecule has 4 nitrogen and oxygen atoms in total. The zero-order valence-corrected chi connectivity index (χ0v) is 12.6. The van der Waals surface area contributed by atoms with E-state index < -0.39 is 11.7 Å². The fourth-order valence-electron chi connectivity index (χ4n) is 2.36. The molecule has 0 unspecified atom stereocenters. The Morgan fingerprint density at radius 3 is 2.70 bits per heavy atom. The minimum atomic E-state index is -0.539. The molecule has 1 N–H and O–H groups in total. The number of ether oxygens (including phenoxy) is 1. The molecule has 2 rings (SSSR count). The quantitative estimate of drug-likeness (QED) is 0.855. The van der Waals surface area contributed by atoms with Gasteiger partial charge in [-0.05, 0) is 57.7 Å². The van der Waals surface area contributed by atoms with E-state index in [-0.39, 0.29) is 6.09 Å². The van der Waals surface area contributed by atoms with Gasteiger partial charge in [0.2, 0.25) is 0 Å². The summed E-state index contributed by atoms with van der Waals surface area (Å²) in [7, 11) is 0. The van der Waals surface area contributed by atoms with E-state index in [9.17, 15) is 9.90 Å². The number of nitrogens with zero attached hydrogens (tertiary/aromatic N) is 1. The lowest BCUT2D eigenvalue weighted by Gasteiger charge is -2.32. The maximum absolute atomic E-state index is 12.3. The van der Waals surface area contributed by atoms with Crippen LogP contribution in [0, 0.1) is 0 Å². The molecule has 1 heterocycles. The topological polar surface area (TPSA) is 49.8 Å². The molecule has 1 aliphatic rings. The second-order valence-electron chi connectivity index (χ2n) is 6.30. The largest absolute Gasteiger partial charge is 0.443 e. The van der Waals surface area contributed by atoms with E-state index in [4.69, 9.17) is 4.74 Å². The highest BCUT2D eigenvalue weighted by Gasteiger charge is 2.27. The van der Waals surface area contributed by atoms with Crippen LogP contribution in [0.1, 0.15) is 51.3 Å². The van der Waals surface area contributed by atoms with Gasteiger partial charge < -0.3 is 9.84 Å². The van der Waals surface area contributed by atoms with E-state index in [2.05, 4.69) is 0 Å². The molecule has 0 fully saturated rings. The molecular weight excluding hydrogens is 254 g/mol.